The lowest BCUT2D eigenvalue weighted by Gasteiger charge is -2.35. The van der Waals surface area contributed by atoms with Gasteiger partial charge in [0.1, 0.15) is 0 Å². The molecule has 0 atom stereocenters. The zero-order chi connectivity index (χ0) is 16.2. The fraction of sp³-hybridized carbons (Fsp3) is 0.400. The van der Waals surface area contributed by atoms with E-state index in [2.05, 4.69) is 29.8 Å². The van der Waals surface area contributed by atoms with Crippen molar-refractivity contribution < 1.29 is 0 Å². The fourth-order valence-corrected chi connectivity index (χ4v) is 2.52. The Hall–Kier alpha value is -2.77. The Bertz CT molecular complexity index is 672. The summed E-state index contributed by atoms with van der Waals surface area (Å²) in [6.07, 6.45) is 3.50. The topological polar surface area (TPSA) is 96.4 Å². The average molecular weight is 312 g/mol. The third-order valence-electron chi connectivity index (χ3n) is 3.62. The Kier molecular flexibility index (Phi) is 4.31. The molecule has 0 bridgehead atoms. The van der Waals surface area contributed by atoms with Crippen LogP contribution in [-0.2, 0) is 0 Å². The van der Waals surface area contributed by atoms with Crippen LogP contribution in [-0.4, -0.2) is 57.0 Å². The molecule has 0 radical (unpaired) electrons. The van der Waals surface area contributed by atoms with E-state index in [1.807, 2.05) is 30.9 Å². The number of hydrogen-bond acceptors (Lipinski definition) is 6. The molecule has 2 N–H and O–H groups in total. The van der Waals surface area contributed by atoms with E-state index in [4.69, 9.17) is 5.73 Å². The van der Waals surface area contributed by atoms with E-state index in [-0.39, 0.29) is 0 Å². The van der Waals surface area contributed by atoms with Gasteiger partial charge < -0.3 is 15.5 Å². The summed E-state index contributed by atoms with van der Waals surface area (Å²) in [5.41, 5.74) is 7.88. The molecule has 23 heavy (non-hydrogen) atoms. The van der Waals surface area contributed by atoms with Crippen molar-refractivity contribution in [1.82, 2.24) is 24.8 Å². The molecule has 1 saturated heterocycles. The highest BCUT2D eigenvalue weighted by Gasteiger charge is 2.20. The van der Waals surface area contributed by atoms with Gasteiger partial charge in [-0.2, -0.15) is 4.99 Å². The number of guanidine groups is 1. The van der Waals surface area contributed by atoms with Crippen LogP contribution in [0.3, 0.4) is 0 Å². The highest BCUT2D eigenvalue weighted by Crippen LogP contribution is 2.11. The third-order valence-corrected chi connectivity index (χ3v) is 3.62. The number of rotatable bonds is 2. The Morgan fingerprint density at radius 1 is 1.04 bits per heavy atom. The molecule has 8 nitrogen and oxygen atoms in total. The van der Waals surface area contributed by atoms with E-state index < -0.39 is 0 Å². The van der Waals surface area contributed by atoms with Crippen molar-refractivity contribution >= 4 is 17.9 Å². The summed E-state index contributed by atoms with van der Waals surface area (Å²) in [7, 11) is 0. The zero-order valence-electron chi connectivity index (χ0n) is 13.3. The monoisotopic (exact) mass is 312 g/mol. The van der Waals surface area contributed by atoms with E-state index in [1.165, 1.54) is 0 Å². The molecule has 0 amide bonds. The number of hydrogen-bond donors (Lipinski definition) is 1. The Morgan fingerprint density at radius 3 is 2.26 bits per heavy atom. The van der Waals surface area contributed by atoms with Crippen molar-refractivity contribution in [3.63, 3.8) is 0 Å². The lowest BCUT2D eigenvalue weighted by Crippen LogP contribution is -2.51. The molecule has 3 rings (SSSR count). The minimum atomic E-state index is 0.411. The number of anilines is 1. The second-order valence-corrected chi connectivity index (χ2v) is 5.44. The van der Waals surface area contributed by atoms with Gasteiger partial charge in [0.15, 0.2) is 5.96 Å². The maximum atomic E-state index is 6.11. The summed E-state index contributed by atoms with van der Waals surface area (Å²) in [4.78, 5) is 25.7. The van der Waals surface area contributed by atoms with Gasteiger partial charge in [-0.05, 0) is 26.0 Å². The predicted octanol–water partition coefficient (Wildman–Crippen LogP) is 0.652. The van der Waals surface area contributed by atoms with Crippen LogP contribution in [0.15, 0.2) is 29.5 Å². The first kappa shape index (κ1) is 15.1. The molecule has 120 valence electrons. The Labute approximate surface area is 135 Å². The van der Waals surface area contributed by atoms with Crippen molar-refractivity contribution in [3.05, 3.63) is 35.9 Å². The molecule has 1 aliphatic heterocycles. The minimum Gasteiger partial charge on any atom is -0.369 e. The molecular formula is C15H20N8. The van der Waals surface area contributed by atoms with Crippen molar-refractivity contribution in [1.29, 1.82) is 0 Å². The zero-order valence-corrected chi connectivity index (χ0v) is 13.3. The van der Waals surface area contributed by atoms with Crippen LogP contribution in [0, 0.1) is 13.8 Å². The van der Waals surface area contributed by atoms with E-state index in [1.54, 1.807) is 12.4 Å². The quantitative estimate of drug-likeness (QED) is 0.642. The predicted molar refractivity (Wildman–Crippen MR) is 88.6 cm³/mol. The van der Waals surface area contributed by atoms with Crippen LogP contribution in [0.2, 0.25) is 0 Å². The van der Waals surface area contributed by atoms with Gasteiger partial charge in [0.2, 0.25) is 5.95 Å². The molecule has 0 spiro atoms. The largest absolute Gasteiger partial charge is 0.369 e. The lowest BCUT2D eigenvalue weighted by atomic mass is 10.3. The molecule has 0 unspecified atom stereocenters. The first-order valence-corrected chi connectivity index (χ1v) is 7.55. The molecule has 0 saturated carbocycles. The number of aryl methyl sites for hydroxylation is 2. The number of nitrogens with two attached hydrogens (primary N) is 1. The second kappa shape index (κ2) is 6.55. The summed E-state index contributed by atoms with van der Waals surface area (Å²) in [6.45, 7) is 6.96. The minimum absolute atomic E-state index is 0.411. The highest BCUT2D eigenvalue weighted by atomic mass is 15.4. The Morgan fingerprint density at radius 2 is 1.65 bits per heavy atom. The molecular weight excluding hydrogens is 292 g/mol. The molecule has 8 heteroatoms. The maximum absolute atomic E-state index is 6.11. The molecule has 1 aliphatic rings. The van der Waals surface area contributed by atoms with Gasteiger partial charge in [0, 0.05) is 50.0 Å². The van der Waals surface area contributed by atoms with Gasteiger partial charge >= 0.3 is 0 Å². The fourth-order valence-electron chi connectivity index (χ4n) is 2.52. The van der Waals surface area contributed by atoms with Gasteiger partial charge in [-0.1, -0.05) is 0 Å². The second-order valence-electron chi connectivity index (χ2n) is 5.44. The van der Waals surface area contributed by atoms with Crippen molar-refractivity contribution in [2.24, 2.45) is 10.7 Å². The standard InChI is InChI=1S/C15H20N8/c1-11-10-12(2)20-14(19-11)21-13(16)22-6-8-23(9-7-22)15-17-4-3-5-18-15/h3-5,10H,6-9H2,1-2H3,(H2,16,19,20,21). The van der Waals surface area contributed by atoms with Crippen LogP contribution in [0.25, 0.3) is 0 Å². The number of aromatic nitrogens is 4. The van der Waals surface area contributed by atoms with Crippen LogP contribution >= 0.6 is 0 Å². The molecule has 3 heterocycles. The van der Waals surface area contributed by atoms with Gasteiger partial charge in [-0.3, -0.25) is 0 Å². The first-order valence-electron chi connectivity index (χ1n) is 7.55. The average Bonchev–Trinajstić information content (AvgIpc) is 2.55. The molecule has 0 aliphatic carbocycles. The van der Waals surface area contributed by atoms with Crippen LogP contribution in [0.4, 0.5) is 11.9 Å². The van der Waals surface area contributed by atoms with Crippen LogP contribution < -0.4 is 10.6 Å². The van der Waals surface area contributed by atoms with Crippen molar-refractivity contribution in [2.45, 2.75) is 13.8 Å². The van der Waals surface area contributed by atoms with Gasteiger partial charge in [-0.25, -0.2) is 19.9 Å². The summed E-state index contributed by atoms with van der Waals surface area (Å²) in [6, 6.07) is 3.72. The SMILES string of the molecule is Cc1cc(C)nc(N=C(N)N2CCN(c3ncccn3)CC2)n1. The Balaban J connectivity index is 1.66. The highest BCUT2D eigenvalue weighted by molar-refractivity contribution is 5.80. The smallest absolute Gasteiger partial charge is 0.253 e. The molecule has 2 aromatic heterocycles. The van der Waals surface area contributed by atoms with Crippen LogP contribution in [0.1, 0.15) is 11.4 Å². The van der Waals surface area contributed by atoms with Gasteiger partial charge in [0.05, 0.1) is 0 Å². The number of nitrogens with zero attached hydrogens (tertiary/aromatic N) is 7. The summed E-state index contributed by atoms with van der Waals surface area (Å²) in [5.74, 6) is 1.61. The normalized spacial score (nSPS) is 15.8. The van der Waals surface area contributed by atoms with Gasteiger partial charge in [0.25, 0.3) is 5.95 Å². The van der Waals surface area contributed by atoms with Gasteiger partial charge in [-0.15, -0.1) is 0 Å². The number of piperazine rings is 1. The van der Waals surface area contributed by atoms with Crippen molar-refractivity contribution in [3.8, 4) is 0 Å². The van der Waals surface area contributed by atoms with E-state index in [0.717, 1.165) is 43.5 Å². The summed E-state index contributed by atoms with van der Waals surface area (Å²) in [5, 5.41) is 0. The molecule has 2 aromatic rings. The summed E-state index contributed by atoms with van der Waals surface area (Å²) < 4.78 is 0. The van der Waals surface area contributed by atoms with Crippen molar-refractivity contribution in [2.75, 3.05) is 31.1 Å². The lowest BCUT2D eigenvalue weighted by molar-refractivity contribution is 0.379. The van der Waals surface area contributed by atoms with E-state index >= 15 is 0 Å². The molecule has 1 fully saturated rings. The van der Waals surface area contributed by atoms with E-state index in [9.17, 15) is 0 Å². The number of aliphatic imine (C=N–C) groups is 1. The first-order chi connectivity index (χ1) is 11.1. The maximum Gasteiger partial charge on any atom is 0.253 e. The molecule has 0 aromatic carbocycles. The summed E-state index contributed by atoms with van der Waals surface area (Å²) >= 11 is 0. The van der Waals surface area contributed by atoms with Crippen LogP contribution in [0.5, 0.6) is 0 Å². The van der Waals surface area contributed by atoms with E-state index in [0.29, 0.717) is 11.9 Å². The third kappa shape index (κ3) is 3.71.